The number of anilines is 4. The number of imidazole rings is 1. The van der Waals surface area contributed by atoms with Crippen molar-refractivity contribution in [2.45, 2.75) is 0 Å². The van der Waals surface area contributed by atoms with E-state index in [1.165, 1.54) is 0 Å². The van der Waals surface area contributed by atoms with E-state index in [2.05, 4.69) is 15.6 Å². The van der Waals surface area contributed by atoms with E-state index in [0.29, 0.717) is 40.3 Å². The van der Waals surface area contributed by atoms with E-state index in [9.17, 15) is 0 Å². The van der Waals surface area contributed by atoms with E-state index in [1.807, 2.05) is 65.4 Å². The molecule has 2 N–H and O–H groups in total. The summed E-state index contributed by atoms with van der Waals surface area (Å²) in [5, 5.41) is 7.45. The Balaban J connectivity index is 1.38. The molecule has 1 aliphatic heterocycles. The molecule has 10 heteroatoms. The fraction of sp³-hybridized carbons (Fsp3) is 0.115. The first kappa shape index (κ1) is 21.5. The van der Waals surface area contributed by atoms with Gasteiger partial charge in [0.15, 0.2) is 23.0 Å². The zero-order valence-corrected chi connectivity index (χ0v) is 19.6. The number of benzene rings is 3. The predicted molar refractivity (Wildman–Crippen MR) is 135 cm³/mol. The van der Waals surface area contributed by atoms with Gasteiger partial charge in [-0.3, -0.25) is 0 Å². The number of fused-ring (bicyclic) bond motifs is 2. The molecule has 5 aromatic rings. The van der Waals surface area contributed by atoms with Crippen LogP contribution in [0.2, 0.25) is 0 Å². The summed E-state index contributed by atoms with van der Waals surface area (Å²) in [6.07, 6.45) is 5.39. The van der Waals surface area contributed by atoms with Crippen LogP contribution in [0.3, 0.4) is 0 Å². The molecule has 0 radical (unpaired) electrons. The minimum Gasteiger partial charge on any atom is -0.493 e. The summed E-state index contributed by atoms with van der Waals surface area (Å²) in [5.74, 6) is 3.56. The third-order valence-corrected chi connectivity index (χ3v) is 5.76. The SMILES string of the molecule is COc1cc2nc(Nc3ccc(-n4ccnc4)cc3)nc(Nc3ccc4c(c3)OCO4)c2cc1OC. The molecule has 0 unspecified atom stereocenters. The number of aromatic nitrogens is 4. The Hall–Kier alpha value is -4.99. The molecule has 0 saturated carbocycles. The summed E-state index contributed by atoms with van der Waals surface area (Å²) in [5.41, 5.74) is 3.32. The average molecular weight is 483 g/mol. The molecule has 0 atom stereocenters. The molecule has 0 aliphatic carbocycles. The van der Waals surface area contributed by atoms with Gasteiger partial charge in [0, 0.05) is 47.0 Å². The first-order valence-electron chi connectivity index (χ1n) is 11.2. The van der Waals surface area contributed by atoms with Gasteiger partial charge in [0.1, 0.15) is 5.82 Å². The number of hydrogen-bond acceptors (Lipinski definition) is 9. The van der Waals surface area contributed by atoms with E-state index in [0.717, 1.165) is 22.4 Å². The van der Waals surface area contributed by atoms with Gasteiger partial charge in [-0.15, -0.1) is 0 Å². The van der Waals surface area contributed by atoms with Gasteiger partial charge < -0.3 is 34.1 Å². The van der Waals surface area contributed by atoms with Crippen molar-refractivity contribution in [3.8, 4) is 28.7 Å². The minimum absolute atomic E-state index is 0.208. The summed E-state index contributed by atoms with van der Waals surface area (Å²) in [6.45, 7) is 0.208. The molecule has 2 aromatic heterocycles. The molecule has 6 rings (SSSR count). The molecule has 1 aliphatic rings. The Kier molecular flexibility index (Phi) is 5.38. The van der Waals surface area contributed by atoms with Crippen LogP contribution in [-0.2, 0) is 0 Å². The van der Waals surface area contributed by atoms with Gasteiger partial charge in [-0.05, 0) is 42.5 Å². The second-order valence-electron chi connectivity index (χ2n) is 7.96. The summed E-state index contributed by atoms with van der Waals surface area (Å²) in [6, 6.07) is 17.2. The first-order valence-corrected chi connectivity index (χ1v) is 11.2. The number of ether oxygens (including phenoxy) is 4. The molecule has 180 valence electrons. The highest BCUT2D eigenvalue weighted by molar-refractivity contribution is 5.94. The molecule has 3 aromatic carbocycles. The van der Waals surface area contributed by atoms with Crippen LogP contribution in [0, 0.1) is 0 Å². The Morgan fingerprint density at radius 1 is 0.833 bits per heavy atom. The van der Waals surface area contributed by atoms with Crippen LogP contribution in [0.15, 0.2) is 73.3 Å². The Morgan fingerprint density at radius 3 is 2.39 bits per heavy atom. The quantitative estimate of drug-likeness (QED) is 0.330. The maximum atomic E-state index is 5.52. The Labute approximate surface area is 206 Å². The monoisotopic (exact) mass is 482 g/mol. The van der Waals surface area contributed by atoms with Crippen molar-refractivity contribution < 1.29 is 18.9 Å². The summed E-state index contributed by atoms with van der Waals surface area (Å²) in [4.78, 5) is 13.6. The van der Waals surface area contributed by atoms with Crippen molar-refractivity contribution in [1.82, 2.24) is 19.5 Å². The number of nitrogens with one attached hydrogen (secondary N) is 2. The van der Waals surface area contributed by atoms with Crippen molar-refractivity contribution in [1.29, 1.82) is 0 Å². The fourth-order valence-corrected chi connectivity index (χ4v) is 3.98. The first-order chi connectivity index (χ1) is 17.7. The van der Waals surface area contributed by atoms with E-state index >= 15 is 0 Å². The number of hydrogen-bond donors (Lipinski definition) is 2. The third kappa shape index (κ3) is 4.05. The Morgan fingerprint density at radius 2 is 1.61 bits per heavy atom. The van der Waals surface area contributed by atoms with Crippen LogP contribution in [0.1, 0.15) is 0 Å². The van der Waals surface area contributed by atoms with Crippen molar-refractivity contribution in [3.05, 3.63) is 73.3 Å². The second-order valence-corrected chi connectivity index (χ2v) is 7.96. The highest BCUT2D eigenvalue weighted by Crippen LogP contribution is 2.38. The van der Waals surface area contributed by atoms with Gasteiger partial charge in [0.2, 0.25) is 12.7 Å². The Bertz CT molecular complexity index is 1540. The topological polar surface area (TPSA) is 105 Å². The highest BCUT2D eigenvalue weighted by atomic mass is 16.7. The van der Waals surface area contributed by atoms with Crippen molar-refractivity contribution in [2.75, 3.05) is 31.6 Å². The molecule has 0 amide bonds. The molecule has 0 spiro atoms. The second kappa shape index (κ2) is 8.99. The van der Waals surface area contributed by atoms with Gasteiger partial charge in [-0.25, -0.2) is 9.97 Å². The van der Waals surface area contributed by atoms with Crippen LogP contribution in [0.25, 0.3) is 16.6 Å². The highest BCUT2D eigenvalue weighted by Gasteiger charge is 2.17. The molecular formula is C26H22N6O4. The molecule has 0 fully saturated rings. The van der Waals surface area contributed by atoms with E-state index < -0.39 is 0 Å². The summed E-state index contributed by atoms with van der Waals surface area (Å²) >= 11 is 0. The zero-order chi connectivity index (χ0) is 24.5. The van der Waals surface area contributed by atoms with Gasteiger partial charge in [0.25, 0.3) is 0 Å². The van der Waals surface area contributed by atoms with Crippen LogP contribution >= 0.6 is 0 Å². The van der Waals surface area contributed by atoms with E-state index in [1.54, 1.807) is 26.7 Å². The average Bonchev–Trinajstić information content (AvgIpc) is 3.61. The molecular weight excluding hydrogens is 460 g/mol. The smallest absolute Gasteiger partial charge is 0.231 e. The standard InChI is InChI=1S/C26H22N6O4/c1-33-22-12-19-20(13-23(22)34-2)30-26(29-16-3-6-18(7-4-16)32-10-9-27-14-32)31-25(19)28-17-5-8-21-24(11-17)36-15-35-21/h3-14H,15H2,1-2H3,(H2,28,29,30,31). The van der Waals surface area contributed by atoms with Gasteiger partial charge in [-0.2, -0.15) is 4.98 Å². The van der Waals surface area contributed by atoms with E-state index in [4.69, 9.17) is 28.9 Å². The van der Waals surface area contributed by atoms with Crippen molar-refractivity contribution in [2.24, 2.45) is 0 Å². The molecule has 0 saturated heterocycles. The van der Waals surface area contributed by atoms with Crippen LogP contribution in [0.5, 0.6) is 23.0 Å². The lowest BCUT2D eigenvalue weighted by Gasteiger charge is -2.15. The zero-order valence-electron chi connectivity index (χ0n) is 19.6. The third-order valence-electron chi connectivity index (χ3n) is 5.76. The lowest BCUT2D eigenvalue weighted by molar-refractivity contribution is 0.174. The van der Waals surface area contributed by atoms with Gasteiger partial charge in [-0.1, -0.05) is 0 Å². The van der Waals surface area contributed by atoms with Crippen LogP contribution in [-0.4, -0.2) is 40.5 Å². The maximum absolute atomic E-state index is 5.52. The van der Waals surface area contributed by atoms with Crippen molar-refractivity contribution in [3.63, 3.8) is 0 Å². The van der Waals surface area contributed by atoms with Crippen LogP contribution < -0.4 is 29.6 Å². The lowest BCUT2D eigenvalue weighted by Crippen LogP contribution is -2.03. The fourth-order valence-electron chi connectivity index (χ4n) is 3.98. The maximum Gasteiger partial charge on any atom is 0.231 e. The minimum atomic E-state index is 0.208. The molecule has 0 bridgehead atoms. The molecule has 36 heavy (non-hydrogen) atoms. The number of nitrogens with zero attached hydrogens (tertiary/aromatic N) is 4. The van der Waals surface area contributed by atoms with E-state index in [-0.39, 0.29) is 6.79 Å². The normalized spacial score (nSPS) is 11.9. The van der Waals surface area contributed by atoms with Gasteiger partial charge >= 0.3 is 0 Å². The van der Waals surface area contributed by atoms with Crippen molar-refractivity contribution >= 4 is 34.0 Å². The number of methoxy groups -OCH3 is 2. The predicted octanol–water partition coefficient (Wildman–Crippen LogP) is 5.05. The molecule has 3 heterocycles. The number of rotatable bonds is 7. The summed E-state index contributed by atoms with van der Waals surface area (Å²) in [7, 11) is 3.19. The van der Waals surface area contributed by atoms with Crippen LogP contribution in [0.4, 0.5) is 23.1 Å². The molecule has 10 nitrogen and oxygen atoms in total. The summed E-state index contributed by atoms with van der Waals surface area (Å²) < 4.78 is 23.9. The largest absolute Gasteiger partial charge is 0.493 e. The van der Waals surface area contributed by atoms with Gasteiger partial charge in [0.05, 0.1) is 26.1 Å². The lowest BCUT2D eigenvalue weighted by atomic mass is 10.2.